The van der Waals surface area contributed by atoms with Crippen molar-refractivity contribution in [3.05, 3.63) is 87.8 Å². The van der Waals surface area contributed by atoms with Crippen LogP contribution in [0.25, 0.3) is 16.7 Å². The lowest BCUT2D eigenvalue weighted by Gasteiger charge is -2.32. The van der Waals surface area contributed by atoms with Crippen LogP contribution in [0.2, 0.25) is 0 Å². The lowest BCUT2D eigenvalue weighted by molar-refractivity contribution is -0.147. The third kappa shape index (κ3) is 5.99. The van der Waals surface area contributed by atoms with Gasteiger partial charge in [-0.25, -0.2) is 9.78 Å². The third-order valence-corrected chi connectivity index (χ3v) is 7.23. The van der Waals surface area contributed by atoms with Crippen LogP contribution >= 0.6 is 0 Å². The monoisotopic (exact) mass is 551 g/mol. The molecule has 2 aromatic heterocycles. The molecule has 4 aromatic rings. The van der Waals surface area contributed by atoms with Crippen LogP contribution < -0.4 is 10.7 Å². The van der Waals surface area contributed by atoms with E-state index in [0.29, 0.717) is 37.3 Å². The minimum absolute atomic E-state index is 0.0808. The van der Waals surface area contributed by atoms with Crippen molar-refractivity contribution in [3.63, 3.8) is 0 Å². The molecule has 0 bridgehead atoms. The van der Waals surface area contributed by atoms with Gasteiger partial charge in [0.2, 0.25) is 11.4 Å². The van der Waals surface area contributed by atoms with Gasteiger partial charge in [0, 0.05) is 23.8 Å². The van der Waals surface area contributed by atoms with Gasteiger partial charge in [0.1, 0.15) is 5.56 Å². The molecule has 0 radical (unpaired) electrons. The van der Waals surface area contributed by atoms with Gasteiger partial charge in [0.25, 0.3) is 0 Å². The van der Waals surface area contributed by atoms with Gasteiger partial charge in [-0.15, -0.1) is 0 Å². The highest BCUT2D eigenvalue weighted by Gasteiger charge is 2.32. The Hall–Kier alpha value is -4.25. The van der Waals surface area contributed by atoms with Crippen molar-refractivity contribution in [2.45, 2.75) is 38.3 Å². The molecule has 1 aliphatic heterocycles. The largest absolute Gasteiger partial charge is 0.477 e. The van der Waals surface area contributed by atoms with E-state index in [1.165, 1.54) is 17.3 Å². The highest BCUT2D eigenvalue weighted by atomic mass is 19.4. The number of hydrogen-bond acceptors (Lipinski definition) is 6. The minimum Gasteiger partial charge on any atom is -0.477 e. The Bertz CT molecular complexity index is 1580. The van der Waals surface area contributed by atoms with Gasteiger partial charge in [-0.05, 0) is 73.7 Å². The molecule has 2 aromatic carbocycles. The summed E-state index contributed by atoms with van der Waals surface area (Å²) in [6, 6.07) is 15.1. The van der Waals surface area contributed by atoms with Crippen LogP contribution in [0.3, 0.4) is 0 Å². The SMILES string of the molecule is CCc1ccc(-n2cc(C(=O)O)c(=O)c3cnc(Nc4ccc(C5CCN(CC(F)(F)F)CC5)cc4)nc32)cc1. The first kappa shape index (κ1) is 27.3. The number of carboxylic acids is 1. The van der Waals surface area contributed by atoms with Crippen molar-refractivity contribution in [1.82, 2.24) is 19.4 Å². The molecule has 0 unspecified atom stereocenters. The predicted octanol–water partition coefficient (Wildman–Crippen LogP) is 5.53. The highest BCUT2D eigenvalue weighted by molar-refractivity contribution is 5.92. The number of aromatic nitrogens is 3. The Kier molecular flexibility index (Phi) is 7.57. The van der Waals surface area contributed by atoms with Gasteiger partial charge in [-0.1, -0.05) is 31.2 Å². The number of nitrogens with one attached hydrogen (secondary N) is 1. The van der Waals surface area contributed by atoms with E-state index < -0.39 is 24.1 Å². The molecule has 11 heteroatoms. The molecule has 0 aliphatic carbocycles. The maximum Gasteiger partial charge on any atom is 0.401 e. The molecule has 0 saturated carbocycles. The van der Waals surface area contributed by atoms with E-state index in [1.54, 1.807) is 4.57 Å². The van der Waals surface area contributed by atoms with Gasteiger partial charge >= 0.3 is 12.1 Å². The number of piperidine rings is 1. The van der Waals surface area contributed by atoms with Gasteiger partial charge in [0.05, 0.1) is 11.9 Å². The zero-order valence-corrected chi connectivity index (χ0v) is 21.8. The first-order valence-corrected chi connectivity index (χ1v) is 13.0. The van der Waals surface area contributed by atoms with Crippen molar-refractivity contribution in [2.75, 3.05) is 25.0 Å². The normalized spacial score (nSPS) is 14.9. The molecule has 8 nitrogen and oxygen atoms in total. The molecular formula is C29H28F3N5O3. The number of hydrogen-bond donors (Lipinski definition) is 2. The molecular weight excluding hydrogens is 523 g/mol. The van der Waals surface area contributed by atoms with Crippen LogP contribution in [0.5, 0.6) is 0 Å². The number of pyridine rings is 1. The quantitative estimate of drug-likeness (QED) is 0.312. The summed E-state index contributed by atoms with van der Waals surface area (Å²) in [5.41, 5.74) is 2.74. The molecule has 0 atom stereocenters. The Morgan fingerprint density at radius 2 is 1.75 bits per heavy atom. The molecule has 208 valence electrons. The first-order chi connectivity index (χ1) is 19.1. The van der Waals surface area contributed by atoms with Crippen LogP contribution in [0.1, 0.15) is 47.2 Å². The highest BCUT2D eigenvalue weighted by Crippen LogP contribution is 2.30. The van der Waals surface area contributed by atoms with E-state index in [4.69, 9.17) is 0 Å². The second kappa shape index (κ2) is 11.1. The number of aryl methyl sites for hydroxylation is 1. The smallest absolute Gasteiger partial charge is 0.401 e. The molecule has 3 heterocycles. The minimum atomic E-state index is -4.18. The van der Waals surface area contributed by atoms with E-state index in [0.717, 1.165) is 17.5 Å². The van der Waals surface area contributed by atoms with Crippen molar-refractivity contribution >= 4 is 28.6 Å². The lowest BCUT2D eigenvalue weighted by atomic mass is 9.89. The maximum absolute atomic E-state index is 12.8. The molecule has 5 rings (SSSR count). The van der Waals surface area contributed by atoms with Crippen molar-refractivity contribution in [3.8, 4) is 5.69 Å². The average Bonchev–Trinajstić information content (AvgIpc) is 2.93. The lowest BCUT2D eigenvalue weighted by Crippen LogP contribution is -2.39. The topological polar surface area (TPSA) is 100 Å². The summed E-state index contributed by atoms with van der Waals surface area (Å²) >= 11 is 0. The number of aromatic carboxylic acids is 1. The van der Waals surface area contributed by atoms with Crippen molar-refractivity contribution in [2.24, 2.45) is 0 Å². The zero-order valence-electron chi connectivity index (χ0n) is 21.8. The van der Waals surface area contributed by atoms with E-state index in [9.17, 15) is 27.9 Å². The van der Waals surface area contributed by atoms with Gasteiger partial charge < -0.3 is 15.0 Å². The molecule has 1 saturated heterocycles. The Labute approximate surface area is 228 Å². The molecule has 1 fully saturated rings. The van der Waals surface area contributed by atoms with Crippen LogP contribution in [-0.2, 0) is 6.42 Å². The maximum atomic E-state index is 12.8. The van der Waals surface area contributed by atoms with E-state index >= 15 is 0 Å². The van der Waals surface area contributed by atoms with Crippen LogP contribution in [0.15, 0.2) is 65.7 Å². The fourth-order valence-corrected chi connectivity index (χ4v) is 5.06. The van der Waals surface area contributed by atoms with Gasteiger partial charge in [-0.2, -0.15) is 18.2 Å². The molecule has 0 spiro atoms. The molecule has 40 heavy (non-hydrogen) atoms. The Morgan fingerprint density at radius 3 is 2.35 bits per heavy atom. The number of fused-ring (bicyclic) bond motifs is 1. The predicted molar refractivity (Wildman–Crippen MR) is 146 cm³/mol. The van der Waals surface area contributed by atoms with Crippen molar-refractivity contribution < 1.29 is 23.1 Å². The van der Waals surface area contributed by atoms with Gasteiger partial charge in [-0.3, -0.25) is 9.69 Å². The summed E-state index contributed by atoms with van der Waals surface area (Å²) in [7, 11) is 0. The Balaban J connectivity index is 1.38. The number of anilines is 2. The second-order valence-electron chi connectivity index (χ2n) is 9.91. The molecule has 0 amide bonds. The summed E-state index contributed by atoms with van der Waals surface area (Å²) in [4.78, 5) is 34.8. The molecule has 1 aliphatic rings. The first-order valence-electron chi connectivity index (χ1n) is 13.0. The number of nitrogens with zero attached hydrogens (tertiary/aromatic N) is 4. The number of likely N-dealkylation sites (tertiary alicyclic amines) is 1. The van der Waals surface area contributed by atoms with Crippen LogP contribution in [0, 0.1) is 0 Å². The van der Waals surface area contributed by atoms with Crippen LogP contribution in [-0.4, -0.2) is 56.3 Å². The summed E-state index contributed by atoms with van der Waals surface area (Å²) in [6.07, 6.45) is 0.575. The number of halogens is 3. The number of rotatable bonds is 7. The average molecular weight is 552 g/mol. The number of carboxylic acid groups (broad SMARTS) is 1. The molecule has 2 N–H and O–H groups in total. The third-order valence-electron chi connectivity index (χ3n) is 7.23. The van der Waals surface area contributed by atoms with Gasteiger partial charge in [0.15, 0.2) is 5.65 Å². The van der Waals surface area contributed by atoms with E-state index in [2.05, 4.69) is 15.3 Å². The zero-order chi connectivity index (χ0) is 28.4. The summed E-state index contributed by atoms with van der Waals surface area (Å²) in [5, 5.41) is 12.8. The van der Waals surface area contributed by atoms with Crippen molar-refractivity contribution in [1.29, 1.82) is 0 Å². The van der Waals surface area contributed by atoms with Crippen LogP contribution in [0.4, 0.5) is 24.8 Å². The summed E-state index contributed by atoms with van der Waals surface area (Å²) < 4.78 is 39.6. The number of alkyl halides is 3. The Morgan fingerprint density at radius 1 is 1.07 bits per heavy atom. The summed E-state index contributed by atoms with van der Waals surface area (Å²) in [6.45, 7) is 1.97. The standard InChI is InChI=1S/C29H28F3N5O3/c1-2-18-3-9-22(10-4-18)37-16-24(27(39)40)25(38)23-15-33-28(35-26(23)37)34-21-7-5-19(6-8-21)20-11-13-36(14-12-20)17-29(30,31)32/h3-10,15-16,20H,2,11-14,17H2,1H3,(H,39,40)(H,33,34,35). The van der Waals surface area contributed by atoms with E-state index in [-0.39, 0.29) is 28.5 Å². The number of benzene rings is 2. The number of carbonyl (C=O) groups is 1. The van der Waals surface area contributed by atoms with E-state index in [1.807, 2.05) is 55.5 Å². The fourth-order valence-electron chi connectivity index (χ4n) is 5.06. The fraction of sp³-hybridized carbons (Fsp3) is 0.310. The summed E-state index contributed by atoms with van der Waals surface area (Å²) in [5.74, 6) is -0.923. The second-order valence-corrected chi connectivity index (χ2v) is 9.91.